The summed E-state index contributed by atoms with van der Waals surface area (Å²) in [6.07, 6.45) is 3.25. The predicted molar refractivity (Wildman–Crippen MR) is 86.0 cm³/mol. The topological polar surface area (TPSA) is 54.0 Å². The molecule has 0 spiro atoms. The zero-order valence-electron chi connectivity index (χ0n) is 12.3. The van der Waals surface area contributed by atoms with E-state index in [4.69, 9.17) is 0 Å². The molecule has 2 rings (SSSR count). The number of carbonyl (C=O) groups excluding carboxylic acids is 1. The van der Waals surface area contributed by atoms with Gasteiger partial charge in [0, 0.05) is 24.1 Å². The first-order valence-electron chi connectivity index (χ1n) is 6.79. The van der Waals surface area contributed by atoms with E-state index >= 15 is 0 Å². The highest BCUT2D eigenvalue weighted by Gasteiger charge is 2.07. The van der Waals surface area contributed by atoms with E-state index in [0.29, 0.717) is 12.2 Å². The van der Waals surface area contributed by atoms with Gasteiger partial charge in [-0.05, 0) is 49.2 Å². The fourth-order valence-electron chi connectivity index (χ4n) is 1.87. The second-order valence-corrected chi connectivity index (χ2v) is 4.85. The number of benzene rings is 1. The van der Waals surface area contributed by atoms with Crippen molar-refractivity contribution >= 4 is 17.3 Å². The van der Waals surface area contributed by atoms with Gasteiger partial charge < -0.3 is 10.6 Å². The third kappa shape index (κ3) is 3.92. The molecule has 1 heterocycles. The van der Waals surface area contributed by atoms with Crippen molar-refractivity contribution in [2.24, 2.45) is 0 Å². The minimum atomic E-state index is -0.210. The SMILES string of the molecule is C=CCNC(=O)c1cc(Nc2ccc(C)c(C)c2)ccn1. The van der Waals surface area contributed by atoms with Crippen molar-refractivity contribution in [1.82, 2.24) is 10.3 Å². The molecule has 0 atom stereocenters. The first-order valence-corrected chi connectivity index (χ1v) is 6.79. The highest BCUT2D eigenvalue weighted by atomic mass is 16.1. The van der Waals surface area contributed by atoms with Crippen LogP contribution in [0.4, 0.5) is 11.4 Å². The van der Waals surface area contributed by atoms with Crippen molar-refractivity contribution in [2.75, 3.05) is 11.9 Å². The number of pyridine rings is 1. The minimum Gasteiger partial charge on any atom is -0.355 e. The summed E-state index contributed by atoms with van der Waals surface area (Å²) in [5, 5.41) is 5.99. The quantitative estimate of drug-likeness (QED) is 0.826. The van der Waals surface area contributed by atoms with E-state index in [1.165, 1.54) is 11.1 Å². The molecule has 1 aromatic heterocycles. The second kappa shape index (κ2) is 6.70. The van der Waals surface area contributed by atoms with E-state index in [-0.39, 0.29) is 5.91 Å². The van der Waals surface area contributed by atoms with Crippen LogP contribution >= 0.6 is 0 Å². The molecule has 4 heteroatoms. The molecule has 1 amide bonds. The number of nitrogens with one attached hydrogen (secondary N) is 2. The lowest BCUT2D eigenvalue weighted by atomic mass is 10.1. The molecule has 0 fully saturated rings. The lowest BCUT2D eigenvalue weighted by Gasteiger charge is -2.09. The van der Waals surface area contributed by atoms with Gasteiger partial charge in [-0.2, -0.15) is 0 Å². The first-order chi connectivity index (χ1) is 10.1. The van der Waals surface area contributed by atoms with E-state index in [1.54, 1.807) is 18.3 Å². The monoisotopic (exact) mass is 281 g/mol. The highest BCUT2D eigenvalue weighted by molar-refractivity contribution is 5.93. The van der Waals surface area contributed by atoms with Crippen LogP contribution in [0.15, 0.2) is 49.2 Å². The molecule has 1 aromatic carbocycles. The number of aryl methyl sites for hydroxylation is 2. The summed E-state index contributed by atoms with van der Waals surface area (Å²) in [4.78, 5) is 15.9. The van der Waals surface area contributed by atoms with Crippen LogP contribution in [0.1, 0.15) is 21.6 Å². The Kier molecular flexibility index (Phi) is 4.72. The third-order valence-electron chi connectivity index (χ3n) is 3.20. The molecule has 0 aliphatic carbocycles. The number of carbonyl (C=O) groups is 1. The molecular formula is C17H19N3O. The number of hydrogen-bond donors (Lipinski definition) is 2. The number of rotatable bonds is 5. The molecule has 2 aromatic rings. The van der Waals surface area contributed by atoms with E-state index in [1.807, 2.05) is 12.1 Å². The van der Waals surface area contributed by atoms with Crippen molar-refractivity contribution in [2.45, 2.75) is 13.8 Å². The summed E-state index contributed by atoms with van der Waals surface area (Å²) in [7, 11) is 0. The van der Waals surface area contributed by atoms with Crippen LogP contribution in [0.2, 0.25) is 0 Å². The molecule has 4 nitrogen and oxygen atoms in total. The zero-order valence-corrected chi connectivity index (χ0v) is 12.3. The van der Waals surface area contributed by atoms with E-state index < -0.39 is 0 Å². The summed E-state index contributed by atoms with van der Waals surface area (Å²) in [6.45, 7) is 8.14. The molecule has 0 aliphatic rings. The van der Waals surface area contributed by atoms with Crippen molar-refractivity contribution in [3.63, 3.8) is 0 Å². The van der Waals surface area contributed by atoms with Gasteiger partial charge in [-0.1, -0.05) is 12.1 Å². The normalized spacial score (nSPS) is 10.0. The van der Waals surface area contributed by atoms with Gasteiger partial charge in [0.15, 0.2) is 0 Å². The van der Waals surface area contributed by atoms with Gasteiger partial charge in [0.05, 0.1) is 0 Å². The Hall–Kier alpha value is -2.62. The maximum atomic E-state index is 11.9. The van der Waals surface area contributed by atoms with E-state index in [9.17, 15) is 4.79 Å². The highest BCUT2D eigenvalue weighted by Crippen LogP contribution is 2.19. The molecule has 0 saturated carbocycles. The van der Waals surface area contributed by atoms with Crippen LogP contribution in [0.3, 0.4) is 0 Å². The third-order valence-corrected chi connectivity index (χ3v) is 3.20. The van der Waals surface area contributed by atoms with Crippen LogP contribution < -0.4 is 10.6 Å². The lowest BCUT2D eigenvalue weighted by molar-refractivity contribution is 0.0953. The number of nitrogens with zero attached hydrogens (tertiary/aromatic N) is 1. The summed E-state index contributed by atoms with van der Waals surface area (Å²) < 4.78 is 0. The molecule has 0 bridgehead atoms. The second-order valence-electron chi connectivity index (χ2n) is 4.85. The van der Waals surface area contributed by atoms with Crippen LogP contribution in [-0.2, 0) is 0 Å². The Morgan fingerprint density at radius 1 is 1.19 bits per heavy atom. The Balaban J connectivity index is 2.15. The molecule has 108 valence electrons. The Morgan fingerprint density at radius 2 is 1.95 bits per heavy atom. The van der Waals surface area contributed by atoms with Gasteiger partial charge in [0.25, 0.3) is 5.91 Å². The van der Waals surface area contributed by atoms with Crippen molar-refractivity contribution < 1.29 is 4.79 Å². The molecular weight excluding hydrogens is 262 g/mol. The predicted octanol–water partition coefficient (Wildman–Crippen LogP) is 3.36. The van der Waals surface area contributed by atoms with Gasteiger partial charge in [0.1, 0.15) is 5.69 Å². The Bertz CT molecular complexity index is 665. The maximum absolute atomic E-state index is 11.9. The van der Waals surface area contributed by atoms with Crippen LogP contribution in [0.5, 0.6) is 0 Å². The maximum Gasteiger partial charge on any atom is 0.270 e. The van der Waals surface area contributed by atoms with Gasteiger partial charge in [-0.25, -0.2) is 0 Å². The van der Waals surface area contributed by atoms with Gasteiger partial charge in [-0.15, -0.1) is 6.58 Å². The molecule has 21 heavy (non-hydrogen) atoms. The van der Waals surface area contributed by atoms with Crippen molar-refractivity contribution in [1.29, 1.82) is 0 Å². The lowest BCUT2D eigenvalue weighted by Crippen LogP contribution is -2.24. The van der Waals surface area contributed by atoms with Gasteiger partial charge >= 0.3 is 0 Å². The number of amides is 1. The fraction of sp³-hybridized carbons (Fsp3) is 0.176. The number of hydrogen-bond acceptors (Lipinski definition) is 3. The molecule has 0 radical (unpaired) electrons. The zero-order chi connectivity index (χ0) is 15.2. The summed E-state index contributed by atoms with van der Waals surface area (Å²) in [5.74, 6) is -0.210. The molecule has 0 unspecified atom stereocenters. The van der Waals surface area contributed by atoms with Crippen LogP contribution in [0, 0.1) is 13.8 Å². The van der Waals surface area contributed by atoms with Crippen LogP contribution in [-0.4, -0.2) is 17.4 Å². The fourth-order valence-corrected chi connectivity index (χ4v) is 1.87. The molecule has 2 N–H and O–H groups in total. The summed E-state index contributed by atoms with van der Waals surface area (Å²) in [6, 6.07) is 9.72. The average molecular weight is 281 g/mol. The van der Waals surface area contributed by atoms with Crippen LogP contribution in [0.25, 0.3) is 0 Å². The molecule has 0 aliphatic heterocycles. The first kappa shape index (κ1) is 14.8. The Morgan fingerprint density at radius 3 is 2.67 bits per heavy atom. The summed E-state index contributed by atoms with van der Waals surface area (Å²) >= 11 is 0. The van der Waals surface area contributed by atoms with E-state index in [2.05, 4.69) is 48.2 Å². The molecule has 0 saturated heterocycles. The van der Waals surface area contributed by atoms with Crippen molar-refractivity contribution in [3.8, 4) is 0 Å². The largest absolute Gasteiger partial charge is 0.355 e. The Labute approximate surface area is 124 Å². The van der Waals surface area contributed by atoms with Gasteiger partial charge in [0.2, 0.25) is 0 Å². The number of anilines is 2. The number of aromatic nitrogens is 1. The van der Waals surface area contributed by atoms with Gasteiger partial charge in [-0.3, -0.25) is 9.78 Å². The standard InChI is InChI=1S/C17H19N3O/c1-4-8-19-17(21)16-11-15(7-9-18-16)20-14-6-5-12(2)13(3)10-14/h4-7,9-11H,1,8H2,2-3H3,(H,18,20)(H,19,21). The smallest absolute Gasteiger partial charge is 0.270 e. The average Bonchev–Trinajstić information content (AvgIpc) is 2.49. The van der Waals surface area contributed by atoms with Crippen molar-refractivity contribution in [3.05, 3.63) is 66.0 Å². The van der Waals surface area contributed by atoms with E-state index in [0.717, 1.165) is 11.4 Å². The minimum absolute atomic E-state index is 0.210. The summed E-state index contributed by atoms with van der Waals surface area (Å²) in [5.41, 5.74) is 4.67.